The molecular weight excluding hydrogens is 705 g/mol. The van der Waals surface area contributed by atoms with E-state index in [9.17, 15) is 44.3 Å². The zero-order valence-corrected chi connectivity index (χ0v) is 26.9. The van der Waals surface area contributed by atoms with Crippen LogP contribution in [0.1, 0.15) is 40.7 Å². The second-order valence-electron chi connectivity index (χ2n) is 10.7. The summed E-state index contributed by atoms with van der Waals surface area (Å²) in [6.45, 7) is -1.29. The molecular formula is C32H28F9N5O5. The molecule has 51 heavy (non-hydrogen) atoms. The zero-order valence-electron chi connectivity index (χ0n) is 26.9. The van der Waals surface area contributed by atoms with Gasteiger partial charge in [0.1, 0.15) is 5.69 Å². The van der Waals surface area contributed by atoms with Crippen molar-refractivity contribution in [3.63, 3.8) is 0 Å². The van der Waals surface area contributed by atoms with E-state index in [4.69, 9.17) is 14.2 Å². The average Bonchev–Trinajstić information content (AvgIpc) is 3.08. The number of halogens is 9. The topological polar surface area (TPSA) is 109 Å². The van der Waals surface area contributed by atoms with Crippen LogP contribution in [-0.2, 0) is 41.1 Å². The maximum atomic E-state index is 14.0. The zero-order chi connectivity index (χ0) is 37.6. The van der Waals surface area contributed by atoms with Gasteiger partial charge in [0.25, 0.3) is 0 Å². The second kappa shape index (κ2) is 15.7. The first-order valence-electron chi connectivity index (χ1n) is 14.6. The van der Waals surface area contributed by atoms with Crippen LogP contribution >= 0.6 is 0 Å². The van der Waals surface area contributed by atoms with Crippen LogP contribution in [0.3, 0.4) is 0 Å². The molecule has 4 aromatic rings. The molecule has 2 aromatic heterocycles. The van der Waals surface area contributed by atoms with Gasteiger partial charge in [-0.25, -0.2) is 9.97 Å². The quantitative estimate of drug-likeness (QED) is 0.0777. The number of nitrogens with zero attached hydrogens (tertiary/aromatic N) is 5. The van der Waals surface area contributed by atoms with Crippen LogP contribution < -0.4 is 19.1 Å². The van der Waals surface area contributed by atoms with Gasteiger partial charge in [-0.05, 0) is 47.9 Å². The Balaban J connectivity index is 1.84. The minimum Gasteiger partial charge on any atom is -0.493 e. The normalized spacial score (nSPS) is 12.0. The summed E-state index contributed by atoms with van der Waals surface area (Å²) in [4.78, 5) is 28.8. The van der Waals surface area contributed by atoms with Crippen molar-refractivity contribution in [2.75, 3.05) is 32.8 Å². The van der Waals surface area contributed by atoms with Gasteiger partial charge >= 0.3 is 30.5 Å². The smallest absolute Gasteiger partial charge is 0.416 e. The SMILES string of the molecule is COC(=O)CCCOc1cnc(N(Cc2cc(C(F)(F)F)cc(C(F)(F)F)c2)Cc2cc(C(F)(F)F)ccc2-c2nc(OC)ncc2OC)nc1. The Labute approximate surface area is 284 Å². The maximum Gasteiger partial charge on any atom is 0.416 e. The molecule has 0 aliphatic carbocycles. The number of hydrogen-bond acceptors (Lipinski definition) is 10. The van der Waals surface area contributed by atoms with E-state index in [1.165, 1.54) is 27.5 Å². The van der Waals surface area contributed by atoms with Crippen molar-refractivity contribution in [1.82, 2.24) is 19.9 Å². The van der Waals surface area contributed by atoms with E-state index in [1.807, 2.05) is 0 Å². The van der Waals surface area contributed by atoms with Crippen molar-refractivity contribution >= 4 is 11.9 Å². The number of carbonyl (C=O) groups is 1. The van der Waals surface area contributed by atoms with Gasteiger partial charge in [-0.3, -0.25) is 4.79 Å². The highest BCUT2D eigenvalue weighted by Gasteiger charge is 2.37. The average molecular weight is 734 g/mol. The van der Waals surface area contributed by atoms with Crippen molar-refractivity contribution in [3.05, 3.63) is 82.8 Å². The van der Waals surface area contributed by atoms with E-state index < -0.39 is 59.8 Å². The number of ether oxygens (including phenoxy) is 4. The third kappa shape index (κ3) is 10.1. The predicted octanol–water partition coefficient (Wildman–Crippen LogP) is 7.55. The summed E-state index contributed by atoms with van der Waals surface area (Å²) >= 11 is 0. The molecule has 2 heterocycles. The fourth-order valence-electron chi connectivity index (χ4n) is 4.72. The molecule has 19 heteroatoms. The number of rotatable bonds is 13. The van der Waals surface area contributed by atoms with Gasteiger partial charge in [-0.1, -0.05) is 6.07 Å². The van der Waals surface area contributed by atoms with Crippen molar-refractivity contribution in [2.45, 2.75) is 44.5 Å². The van der Waals surface area contributed by atoms with E-state index in [1.54, 1.807) is 0 Å². The molecule has 4 rings (SSSR count). The fourth-order valence-corrected chi connectivity index (χ4v) is 4.72. The fraction of sp³-hybridized carbons (Fsp3) is 0.344. The van der Waals surface area contributed by atoms with Crippen molar-refractivity contribution in [2.24, 2.45) is 0 Å². The molecule has 0 spiro atoms. The molecule has 0 radical (unpaired) electrons. The lowest BCUT2D eigenvalue weighted by Crippen LogP contribution is -2.26. The van der Waals surface area contributed by atoms with Gasteiger partial charge < -0.3 is 23.8 Å². The number of aromatic nitrogens is 4. The minimum atomic E-state index is -5.17. The van der Waals surface area contributed by atoms with Crippen LogP contribution in [0.4, 0.5) is 45.5 Å². The summed E-state index contributed by atoms with van der Waals surface area (Å²) in [6.07, 6.45) is -11.4. The van der Waals surface area contributed by atoms with E-state index in [0.717, 1.165) is 35.5 Å². The first-order valence-corrected chi connectivity index (χ1v) is 14.6. The third-order valence-electron chi connectivity index (χ3n) is 7.12. The van der Waals surface area contributed by atoms with E-state index in [0.29, 0.717) is 12.1 Å². The van der Waals surface area contributed by atoms with Crippen LogP contribution in [0.15, 0.2) is 55.0 Å². The molecule has 0 saturated carbocycles. The highest BCUT2D eigenvalue weighted by Crippen LogP contribution is 2.39. The van der Waals surface area contributed by atoms with Gasteiger partial charge in [0.05, 0.1) is 63.2 Å². The Morgan fingerprint density at radius 1 is 0.745 bits per heavy atom. The van der Waals surface area contributed by atoms with Crippen molar-refractivity contribution in [1.29, 1.82) is 0 Å². The molecule has 0 saturated heterocycles. The van der Waals surface area contributed by atoms with Crippen molar-refractivity contribution in [3.8, 4) is 28.8 Å². The molecule has 0 aliphatic rings. The number of esters is 1. The van der Waals surface area contributed by atoms with Gasteiger partial charge in [0, 0.05) is 25.1 Å². The summed E-state index contributed by atoms with van der Waals surface area (Å²) in [7, 11) is 3.71. The summed E-state index contributed by atoms with van der Waals surface area (Å²) in [5.41, 5.74) is -4.93. The summed E-state index contributed by atoms with van der Waals surface area (Å²) in [5.74, 6) is -0.671. The van der Waals surface area contributed by atoms with E-state index in [-0.39, 0.29) is 65.8 Å². The minimum absolute atomic E-state index is 0.0148. The highest BCUT2D eigenvalue weighted by molar-refractivity contribution is 5.71. The van der Waals surface area contributed by atoms with Crippen molar-refractivity contribution < 1.29 is 63.3 Å². The first-order chi connectivity index (χ1) is 23.9. The number of benzene rings is 2. The van der Waals surface area contributed by atoms with Crippen LogP contribution in [0, 0.1) is 0 Å². The largest absolute Gasteiger partial charge is 0.493 e. The van der Waals surface area contributed by atoms with E-state index in [2.05, 4.69) is 24.7 Å². The molecule has 274 valence electrons. The Kier molecular flexibility index (Phi) is 11.8. The van der Waals surface area contributed by atoms with Gasteiger partial charge in [-0.15, -0.1) is 0 Å². The number of hydrogen-bond donors (Lipinski definition) is 0. The Bertz CT molecular complexity index is 1790. The molecule has 0 fully saturated rings. The lowest BCUT2D eigenvalue weighted by molar-refractivity contribution is -0.143. The first kappa shape index (κ1) is 38.4. The highest BCUT2D eigenvalue weighted by atomic mass is 19.4. The number of methoxy groups -OCH3 is 3. The molecule has 0 unspecified atom stereocenters. The van der Waals surface area contributed by atoms with Gasteiger partial charge in [-0.2, -0.15) is 49.5 Å². The standard InChI is InChI=1S/C32H28F9N5O5/c1-48-25-15-44-29(50-3)45-27(25)24-7-6-20(30(33,34)35)11-19(24)17-46(28-42-13-23(14-43-28)51-8-4-5-26(47)49-2)16-18-9-21(31(36,37)38)12-22(10-18)32(39,40)41/h6-7,9-15H,4-5,8,16-17H2,1-3H3. The number of anilines is 1. The van der Waals surface area contributed by atoms with Crippen LogP contribution in [0.25, 0.3) is 11.3 Å². The van der Waals surface area contributed by atoms with E-state index >= 15 is 0 Å². The Morgan fingerprint density at radius 3 is 1.92 bits per heavy atom. The molecule has 0 bridgehead atoms. The number of carbonyl (C=O) groups excluding carboxylic acids is 1. The molecule has 0 atom stereocenters. The Hall–Kier alpha value is -5.36. The van der Waals surface area contributed by atoms with Crippen LogP contribution in [0.5, 0.6) is 17.5 Å². The molecule has 2 aromatic carbocycles. The second-order valence-corrected chi connectivity index (χ2v) is 10.7. The monoisotopic (exact) mass is 733 g/mol. The summed E-state index contributed by atoms with van der Waals surface area (Å²) < 4.78 is 145. The van der Waals surface area contributed by atoms with Crippen LogP contribution in [-0.4, -0.2) is 53.8 Å². The maximum absolute atomic E-state index is 14.0. The Morgan fingerprint density at radius 2 is 1.37 bits per heavy atom. The molecule has 10 nitrogen and oxygen atoms in total. The molecule has 0 aliphatic heterocycles. The number of alkyl halides is 9. The predicted molar refractivity (Wildman–Crippen MR) is 161 cm³/mol. The third-order valence-corrected chi connectivity index (χ3v) is 7.12. The summed E-state index contributed by atoms with van der Waals surface area (Å²) in [5, 5.41) is 0. The molecule has 0 amide bonds. The molecule has 0 N–H and O–H groups in total. The van der Waals surface area contributed by atoms with Gasteiger partial charge in [0.15, 0.2) is 11.5 Å². The van der Waals surface area contributed by atoms with Crippen LogP contribution in [0.2, 0.25) is 0 Å². The lowest BCUT2D eigenvalue weighted by Gasteiger charge is -2.26. The summed E-state index contributed by atoms with van der Waals surface area (Å²) in [6, 6.07) is 3.36. The lowest BCUT2D eigenvalue weighted by atomic mass is 9.99. The van der Waals surface area contributed by atoms with Gasteiger partial charge in [0.2, 0.25) is 5.95 Å².